The van der Waals surface area contributed by atoms with Crippen LogP contribution in [-0.2, 0) is 17.3 Å². The Balaban J connectivity index is 0.585. The lowest BCUT2D eigenvalue weighted by Crippen LogP contribution is -2.58. The minimum Gasteiger partial charge on any atom is -0.458 e. The number of aryl methyl sites for hydroxylation is 1. The summed E-state index contributed by atoms with van der Waals surface area (Å²) in [6.07, 6.45) is 1.56. The number of benzene rings is 21. The number of rotatable bonds is 13. The van der Waals surface area contributed by atoms with Crippen LogP contribution in [0.3, 0.4) is 0 Å². The first-order chi connectivity index (χ1) is 72.2. The van der Waals surface area contributed by atoms with Crippen LogP contribution < -0.4 is 42.3 Å². The van der Waals surface area contributed by atoms with E-state index in [0.717, 1.165) is 141 Å². The summed E-state index contributed by atoms with van der Waals surface area (Å²) in [7, 11) is 0. The average molecular weight is 1880 g/mol. The van der Waals surface area contributed by atoms with Gasteiger partial charge in [-0.05, 0) is 299 Å². The molecule has 0 spiro atoms. The Kier molecular flexibility index (Phi) is 17.6. The Labute approximate surface area is 849 Å². The van der Waals surface area contributed by atoms with Gasteiger partial charge in [0.05, 0.1) is 66.8 Å². The SMILES string of the molecule is CC(C)(C)c1ccc2c(c1)Oc1cc(CCC(C)(C)c3ccc4c(c3)Oc3cc(-c5ccc(C#N)cc5)cc5c3B4c3cc(-n4c6ccccc6c6cc(-n7c8ccccc8c8ccccc87)ccc64)cc4c6cc(-n7c8ccccc8c8cc(-n9c%10ccccc%10c%10ccccc%109)ccc87)ccc6n-5c34)cc3c1B2c1cc(-c2ccccc2-c2ccccc2)cc2c4cc(-c5ccccc5-c5ccccc5)ccc4n-3c12. The van der Waals surface area contributed by atoms with Crippen molar-refractivity contribution in [1.82, 2.24) is 27.4 Å². The third kappa shape index (κ3) is 12.2. The molecule has 0 N–H and O–H groups in total. The second kappa shape index (κ2) is 31.1. The number of nitriles is 1. The highest BCUT2D eigenvalue weighted by molar-refractivity contribution is 7.00. The van der Waals surface area contributed by atoms with Crippen molar-refractivity contribution in [2.24, 2.45) is 0 Å². The number of aromatic nitrogens is 6. The quantitative estimate of drug-likeness (QED) is 0.108. The van der Waals surface area contributed by atoms with Crippen LogP contribution in [0, 0.1) is 11.3 Å². The fourth-order valence-electron chi connectivity index (χ4n) is 26.1. The van der Waals surface area contributed by atoms with Crippen molar-refractivity contribution in [3.63, 3.8) is 0 Å². The highest BCUT2D eigenvalue weighted by Crippen LogP contribution is 2.51. The van der Waals surface area contributed by atoms with Gasteiger partial charge in [0, 0.05) is 110 Å². The number of para-hydroxylation sites is 6. The van der Waals surface area contributed by atoms with Gasteiger partial charge in [0.15, 0.2) is 0 Å². The predicted octanol–water partition coefficient (Wildman–Crippen LogP) is 30.6. The molecule has 31 rings (SSSR count). The fourth-order valence-corrected chi connectivity index (χ4v) is 26.1. The molecule has 4 aliphatic heterocycles. The Morgan fingerprint density at radius 1 is 0.245 bits per heavy atom. The van der Waals surface area contributed by atoms with E-state index in [1.807, 2.05) is 12.1 Å². The van der Waals surface area contributed by atoms with E-state index in [0.29, 0.717) is 5.56 Å². The summed E-state index contributed by atoms with van der Waals surface area (Å²) in [6.45, 7) is 11.3. The van der Waals surface area contributed by atoms with E-state index in [1.165, 1.54) is 164 Å². The van der Waals surface area contributed by atoms with Gasteiger partial charge in [-0.15, -0.1) is 0 Å². The van der Waals surface area contributed by atoms with Gasteiger partial charge in [0.25, 0.3) is 13.4 Å². The second-order valence-corrected chi connectivity index (χ2v) is 42.5. The lowest BCUT2D eigenvalue weighted by molar-refractivity contribution is 0.462. The summed E-state index contributed by atoms with van der Waals surface area (Å²) in [5, 5.41) is 24.7. The van der Waals surface area contributed by atoms with E-state index < -0.39 is 5.41 Å². The molecule has 27 aromatic rings. The maximum absolute atomic E-state index is 10.3. The van der Waals surface area contributed by atoms with Crippen LogP contribution >= 0.6 is 0 Å². The molecule has 0 amide bonds. The maximum atomic E-state index is 10.3. The predicted molar refractivity (Wildman–Crippen MR) is 613 cm³/mol. The third-order valence-corrected chi connectivity index (χ3v) is 33.0. The lowest BCUT2D eigenvalue weighted by Gasteiger charge is -2.35. The highest BCUT2D eigenvalue weighted by Gasteiger charge is 2.45. The first-order valence-electron chi connectivity index (χ1n) is 51.3. The first-order valence-corrected chi connectivity index (χ1v) is 51.3. The molecule has 0 unspecified atom stereocenters. The molecule has 6 aromatic heterocycles. The molecule has 0 atom stereocenters. The van der Waals surface area contributed by atoms with Gasteiger partial charge in [-0.2, -0.15) is 5.26 Å². The standard InChI is InChI=1S/C136H91B2N7O2/c1-135(2,3)89-53-58-111-127(73-89)146-129-67-82(66-125-131(129)137(111)113-70-88(98-35-15-13-33-96(98)85-30-10-7-11-31-85)69-109-105-68-86(52-60-123(105)144(125)133(109)113)97-34-14-12-32-95(97)84-28-8-6-9-29-84)64-65-136(4,5)90-54-59-112-128(74-90)147-130-72-87(83-50-48-81(80-139)49-51-83)71-126-132(130)138(112)114-79-94(143-120-47-27-21-41-104(120)107-76-92(56-62-122(107)143)141-117-44-24-18-38-101(117)102-39-19-25-45-118(102)141)78-110-108-77-93(57-63-124(108)145(126)134(110)114)142-119-46-26-20-40-103(119)106-75-91(55-61-121(106)142)140-115-42-22-16-36-99(115)100-37-17-23-43-116(100)140/h6-63,66-79H,64-65H2,1-5H3. The zero-order valence-corrected chi connectivity index (χ0v) is 81.6. The van der Waals surface area contributed by atoms with Crippen molar-refractivity contribution < 1.29 is 9.47 Å². The Bertz CT molecular complexity index is 10400. The average Bonchev–Trinajstić information content (AvgIpc) is 1.54. The summed E-state index contributed by atoms with van der Waals surface area (Å²) >= 11 is 0. The van der Waals surface area contributed by atoms with Gasteiger partial charge in [0.2, 0.25) is 0 Å². The molecule has 688 valence electrons. The first kappa shape index (κ1) is 83.3. The molecule has 4 aliphatic rings. The number of ether oxygens (including phenoxy) is 2. The lowest BCUT2D eigenvalue weighted by atomic mass is 9.34. The van der Waals surface area contributed by atoms with Gasteiger partial charge in [0.1, 0.15) is 23.0 Å². The summed E-state index contributed by atoms with van der Waals surface area (Å²) in [5.74, 6) is 3.44. The normalized spacial score (nSPS) is 12.9. The van der Waals surface area contributed by atoms with E-state index in [-0.39, 0.29) is 18.8 Å². The molecule has 0 radical (unpaired) electrons. The molecule has 0 saturated carbocycles. The molecular formula is C136H91B2N7O2. The van der Waals surface area contributed by atoms with Crippen molar-refractivity contribution in [3.05, 3.63) is 459 Å². The number of hydrogen-bond acceptors (Lipinski definition) is 3. The summed E-state index contributed by atoms with van der Waals surface area (Å²) in [6, 6.07) is 166. The zero-order chi connectivity index (χ0) is 97.2. The van der Waals surface area contributed by atoms with Crippen LogP contribution in [0.25, 0.3) is 221 Å². The van der Waals surface area contributed by atoms with Gasteiger partial charge < -0.3 is 36.9 Å². The second-order valence-electron chi connectivity index (χ2n) is 42.5. The minimum absolute atomic E-state index is 0.135. The van der Waals surface area contributed by atoms with Crippen LogP contribution in [0.2, 0.25) is 0 Å². The van der Waals surface area contributed by atoms with Gasteiger partial charge in [-0.25, -0.2) is 0 Å². The van der Waals surface area contributed by atoms with Crippen molar-refractivity contribution in [2.45, 2.75) is 58.3 Å². The van der Waals surface area contributed by atoms with E-state index in [2.05, 4.69) is 493 Å². The Hall–Kier alpha value is -18.4. The van der Waals surface area contributed by atoms with Crippen molar-refractivity contribution >= 4 is 177 Å². The molecule has 11 heteroatoms. The fraction of sp³-hybridized carbons (Fsp3) is 0.0662. The van der Waals surface area contributed by atoms with Gasteiger partial charge >= 0.3 is 0 Å². The molecule has 9 nitrogen and oxygen atoms in total. The van der Waals surface area contributed by atoms with Crippen LogP contribution in [0.5, 0.6) is 23.0 Å². The number of hydrogen-bond donors (Lipinski definition) is 0. The molecule has 10 heterocycles. The third-order valence-electron chi connectivity index (χ3n) is 33.0. The monoisotopic (exact) mass is 1880 g/mol. The Morgan fingerprint density at radius 3 is 1.10 bits per heavy atom. The number of fused-ring (bicyclic) bond motifs is 26. The molecule has 0 bridgehead atoms. The van der Waals surface area contributed by atoms with Crippen LogP contribution in [0.1, 0.15) is 63.3 Å². The zero-order valence-electron chi connectivity index (χ0n) is 81.6. The Morgan fingerprint density at radius 2 is 0.605 bits per heavy atom. The van der Waals surface area contributed by atoms with Crippen molar-refractivity contribution in [3.8, 4) is 119 Å². The molecular weight excluding hydrogens is 1790 g/mol. The smallest absolute Gasteiger partial charge is 0.256 e. The van der Waals surface area contributed by atoms with E-state index in [9.17, 15) is 5.26 Å². The summed E-state index contributed by atoms with van der Waals surface area (Å²) in [4.78, 5) is 0. The van der Waals surface area contributed by atoms with Crippen molar-refractivity contribution in [1.29, 1.82) is 5.26 Å². The molecule has 147 heavy (non-hydrogen) atoms. The van der Waals surface area contributed by atoms with Crippen LogP contribution in [0.15, 0.2) is 437 Å². The van der Waals surface area contributed by atoms with E-state index in [4.69, 9.17) is 9.47 Å². The topological polar surface area (TPSA) is 71.8 Å². The maximum Gasteiger partial charge on any atom is 0.256 e. The summed E-state index contributed by atoms with van der Waals surface area (Å²) in [5.41, 5.74) is 42.5. The molecule has 0 saturated heterocycles. The molecule has 21 aromatic carbocycles. The van der Waals surface area contributed by atoms with E-state index >= 15 is 0 Å². The van der Waals surface area contributed by atoms with Gasteiger partial charge in [-0.3, -0.25) is 0 Å². The molecule has 0 fully saturated rings. The van der Waals surface area contributed by atoms with Crippen LogP contribution in [0.4, 0.5) is 0 Å². The van der Waals surface area contributed by atoms with Crippen molar-refractivity contribution in [2.75, 3.05) is 0 Å². The highest BCUT2D eigenvalue weighted by atomic mass is 16.5. The number of nitrogens with zero attached hydrogens (tertiary/aromatic N) is 7. The summed E-state index contributed by atoms with van der Waals surface area (Å²) < 4.78 is 30.5. The van der Waals surface area contributed by atoms with E-state index in [1.54, 1.807) is 0 Å². The largest absolute Gasteiger partial charge is 0.458 e. The van der Waals surface area contributed by atoms with Crippen LogP contribution in [-0.4, -0.2) is 40.8 Å². The minimum atomic E-state index is -0.398. The van der Waals surface area contributed by atoms with Gasteiger partial charge in [-0.1, -0.05) is 302 Å². The molecule has 0 aliphatic carbocycles.